The third kappa shape index (κ3) is 3.76. The molecule has 1 saturated heterocycles. The molecule has 1 fully saturated rings. The quantitative estimate of drug-likeness (QED) is 0.885. The molecule has 1 amide bonds. The lowest BCUT2D eigenvalue weighted by molar-refractivity contribution is -0.124. The van der Waals surface area contributed by atoms with Crippen LogP contribution in [0.1, 0.15) is 24.0 Å². The van der Waals surface area contributed by atoms with E-state index in [9.17, 15) is 4.79 Å². The fraction of sp³-hybridized carbons (Fsp3) is 0.562. The number of carbonyl (C=O) groups is 1. The summed E-state index contributed by atoms with van der Waals surface area (Å²) in [6, 6.07) is 8.26. The number of amides is 1. The van der Waals surface area contributed by atoms with Crippen LogP contribution in [-0.2, 0) is 17.8 Å². The van der Waals surface area contributed by atoms with Gasteiger partial charge in [-0.25, -0.2) is 0 Å². The van der Waals surface area contributed by atoms with Gasteiger partial charge in [0, 0.05) is 13.1 Å². The molecule has 0 aliphatic carbocycles. The van der Waals surface area contributed by atoms with Gasteiger partial charge in [-0.3, -0.25) is 9.69 Å². The molecule has 116 valence electrons. The summed E-state index contributed by atoms with van der Waals surface area (Å²) in [4.78, 5) is 14.1. The number of piperidine rings is 1. The molecule has 1 aromatic carbocycles. The highest BCUT2D eigenvalue weighted by Crippen LogP contribution is 2.25. The molecule has 0 spiro atoms. The maximum Gasteiger partial charge on any atom is 0.235 e. The molecule has 2 heterocycles. The monoisotopic (exact) mass is 309 g/mol. The maximum absolute atomic E-state index is 11.8. The predicted molar refractivity (Wildman–Crippen MR) is 86.4 cm³/mol. The molecule has 4 nitrogen and oxygen atoms in total. The number of nitrogens with one attached hydrogen (secondary N) is 1. The molecule has 0 aromatic heterocycles. The topological polar surface area (TPSA) is 58.4 Å². The lowest BCUT2D eigenvalue weighted by Crippen LogP contribution is -2.50. The Labute approximate surface area is 132 Å². The van der Waals surface area contributed by atoms with Gasteiger partial charge < -0.3 is 11.1 Å². The van der Waals surface area contributed by atoms with E-state index in [1.165, 1.54) is 24.0 Å². The van der Waals surface area contributed by atoms with E-state index in [2.05, 4.69) is 28.4 Å². The van der Waals surface area contributed by atoms with Gasteiger partial charge in [0.2, 0.25) is 5.91 Å². The van der Waals surface area contributed by atoms with E-state index in [4.69, 9.17) is 5.73 Å². The first-order valence-corrected chi connectivity index (χ1v) is 7.55. The lowest BCUT2D eigenvalue weighted by atomic mass is 9.90. The molecule has 1 atom stereocenters. The number of primary amides is 1. The Morgan fingerprint density at radius 2 is 1.90 bits per heavy atom. The number of halogens is 1. The summed E-state index contributed by atoms with van der Waals surface area (Å²) in [6.07, 6.45) is 3.16. The Kier molecular flexibility index (Phi) is 5.62. The molecule has 3 rings (SSSR count). The first-order valence-electron chi connectivity index (χ1n) is 7.55. The summed E-state index contributed by atoms with van der Waals surface area (Å²) in [5, 5.41) is 3.39. The van der Waals surface area contributed by atoms with Crippen molar-refractivity contribution in [2.45, 2.75) is 31.8 Å². The van der Waals surface area contributed by atoms with Crippen molar-refractivity contribution in [2.75, 3.05) is 19.6 Å². The van der Waals surface area contributed by atoms with Gasteiger partial charge in [-0.1, -0.05) is 24.3 Å². The first kappa shape index (κ1) is 16.3. The normalized spacial score (nSPS) is 23.1. The average molecular weight is 310 g/mol. The maximum atomic E-state index is 11.8. The molecular formula is C16H24ClN3O. The number of nitrogens with zero attached hydrogens (tertiary/aromatic N) is 1. The standard InChI is InChI=1S/C16H23N3O.ClH/c17-16(20)15-9-13-3-1-2-4-14(13)11-19(15)10-12-5-7-18-8-6-12;/h1-4,12,15,18H,5-11H2,(H2,17,20);1H. The van der Waals surface area contributed by atoms with Crippen molar-refractivity contribution >= 4 is 18.3 Å². The molecule has 1 unspecified atom stereocenters. The second-order valence-electron chi connectivity index (χ2n) is 6.01. The Morgan fingerprint density at radius 3 is 2.57 bits per heavy atom. The summed E-state index contributed by atoms with van der Waals surface area (Å²) in [6.45, 7) is 4.03. The zero-order valence-corrected chi connectivity index (χ0v) is 13.1. The summed E-state index contributed by atoms with van der Waals surface area (Å²) < 4.78 is 0. The van der Waals surface area contributed by atoms with Crippen LogP contribution in [-0.4, -0.2) is 36.5 Å². The highest BCUT2D eigenvalue weighted by molar-refractivity contribution is 5.85. The third-order valence-electron chi connectivity index (χ3n) is 4.63. The smallest absolute Gasteiger partial charge is 0.235 e. The second-order valence-corrected chi connectivity index (χ2v) is 6.01. The van der Waals surface area contributed by atoms with E-state index < -0.39 is 0 Å². The van der Waals surface area contributed by atoms with Crippen LogP contribution < -0.4 is 11.1 Å². The molecule has 3 N–H and O–H groups in total. The number of rotatable bonds is 3. The molecule has 0 radical (unpaired) electrons. The summed E-state index contributed by atoms with van der Waals surface area (Å²) in [5.74, 6) is 0.497. The van der Waals surface area contributed by atoms with Crippen molar-refractivity contribution in [3.63, 3.8) is 0 Å². The zero-order valence-electron chi connectivity index (χ0n) is 12.3. The Morgan fingerprint density at radius 1 is 1.24 bits per heavy atom. The van der Waals surface area contributed by atoms with Gasteiger partial charge in [0.05, 0.1) is 6.04 Å². The van der Waals surface area contributed by atoms with Crippen molar-refractivity contribution in [3.8, 4) is 0 Å². The largest absolute Gasteiger partial charge is 0.368 e. The van der Waals surface area contributed by atoms with Crippen LogP contribution in [0, 0.1) is 5.92 Å². The molecule has 0 bridgehead atoms. The number of fused-ring (bicyclic) bond motifs is 1. The highest BCUT2D eigenvalue weighted by Gasteiger charge is 2.31. The van der Waals surface area contributed by atoms with E-state index in [0.29, 0.717) is 5.92 Å². The second kappa shape index (κ2) is 7.25. The number of hydrogen-bond donors (Lipinski definition) is 2. The zero-order chi connectivity index (χ0) is 13.9. The van der Waals surface area contributed by atoms with Crippen LogP contribution in [0.2, 0.25) is 0 Å². The molecule has 2 aliphatic rings. The fourth-order valence-electron chi connectivity index (χ4n) is 3.45. The number of hydrogen-bond acceptors (Lipinski definition) is 3. The van der Waals surface area contributed by atoms with Crippen molar-refractivity contribution in [1.82, 2.24) is 10.2 Å². The molecular weight excluding hydrogens is 286 g/mol. The molecule has 0 saturated carbocycles. The van der Waals surface area contributed by atoms with Crippen LogP contribution in [0.15, 0.2) is 24.3 Å². The summed E-state index contributed by atoms with van der Waals surface area (Å²) in [5.41, 5.74) is 8.25. The minimum atomic E-state index is -0.187. The Hall–Kier alpha value is -1.10. The van der Waals surface area contributed by atoms with Crippen LogP contribution >= 0.6 is 12.4 Å². The lowest BCUT2D eigenvalue weighted by Gasteiger charge is -2.38. The van der Waals surface area contributed by atoms with Crippen LogP contribution in [0.5, 0.6) is 0 Å². The van der Waals surface area contributed by atoms with Crippen molar-refractivity contribution in [1.29, 1.82) is 0 Å². The van der Waals surface area contributed by atoms with Gasteiger partial charge in [-0.15, -0.1) is 12.4 Å². The summed E-state index contributed by atoms with van der Waals surface area (Å²) in [7, 11) is 0. The first-order chi connectivity index (χ1) is 9.74. The van der Waals surface area contributed by atoms with E-state index >= 15 is 0 Å². The molecule has 1 aromatic rings. The minimum absolute atomic E-state index is 0. The van der Waals surface area contributed by atoms with Gasteiger partial charge in [-0.2, -0.15) is 0 Å². The van der Waals surface area contributed by atoms with Crippen LogP contribution in [0.4, 0.5) is 0 Å². The van der Waals surface area contributed by atoms with E-state index in [-0.39, 0.29) is 24.4 Å². The van der Waals surface area contributed by atoms with Gasteiger partial charge in [-0.05, 0) is 49.4 Å². The van der Waals surface area contributed by atoms with E-state index in [1.807, 2.05) is 6.07 Å². The van der Waals surface area contributed by atoms with Crippen molar-refractivity contribution in [3.05, 3.63) is 35.4 Å². The van der Waals surface area contributed by atoms with Gasteiger partial charge in [0.25, 0.3) is 0 Å². The Balaban J connectivity index is 0.00000161. The van der Waals surface area contributed by atoms with E-state index in [1.54, 1.807) is 0 Å². The third-order valence-corrected chi connectivity index (χ3v) is 4.63. The van der Waals surface area contributed by atoms with E-state index in [0.717, 1.165) is 32.6 Å². The average Bonchev–Trinajstić information content (AvgIpc) is 2.47. The van der Waals surface area contributed by atoms with Gasteiger partial charge >= 0.3 is 0 Å². The number of carbonyl (C=O) groups excluding carboxylic acids is 1. The van der Waals surface area contributed by atoms with Gasteiger partial charge in [0.15, 0.2) is 0 Å². The number of nitrogens with two attached hydrogens (primary N) is 1. The predicted octanol–water partition coefficient (Wildman–Crippen LogP) is 1.32. The van der Waals surface area contributed by atoms with Crippen molar-refractivity contribution < 1.29 is 4.79 Å². The van der Waals surface area contributed by atoms with Crippen LogP contribution in [0.25, 0.3) is 0 Å². The fourth-order valence-corrected chi connectivity index (χ4v) is 3.45. The van der Waals surface area contributed by atoms with Crippen LogP contribution in [0.3, 0.4) is 0 Å². The summed E-state index contributed by atoms with van der Waals surface area (Å²) >= 11 is 0. The SMILES string of the molecule is Cl.NC(=O)C1Cc2ccccc2CN1CC1CCNCC1. The highest BCUT2D eigenvalue weighted by atomic mass is 35.5. The molecule has 21 heavy (non-hydrogen) atoms. The van der Waals surface area contributed by atoms with Gasteiger partial charge in [0.1, 0.15) is 0 Å². The minimum Gasteiger partial charge on any atom is -0.368 e. The Bertz CT molecular complexity index is 488. The van der Waals surface area contributed by atoms with Crippen molar-refractivity contribution in [2.24, 2.45) is 11.7 Å². The molecule has 5 heteroatoms. The number of benzene rings is 1. The molecule has 2 aliphatic heterocycles.